The normalized spacial score (nSPS) is 19.8. The summed E-state index contributed by atoms with van der Waals surface area (Å²) in [4.78, 5) is 47.2. The second-order valence-electron chi connectivity index (χ2n) is 12.3. The maximum atomic E-state index is 13.0. The van der Waals surface area contributed by atoms with Crippen LogP contribution >= 0.6 is 11.8 Å². The Morgan fingerprint density at radius 3 is 2.20 bits per heavy atom. The van der Waals surface area contributed by atoms with Gasteiger partial charge in [0.05, 0.1) is 58.2 Å². The summed E-state index contributed by atoms with van der Waals surface area (Å²) in [5, 5.41) is 0. The van der Waals surface area contributed by atoms with Crippen molar-refractivity contribution in [3.8, 4) is 34.0 Å². The summed E-state index contributed by atoms with van der Waals surface area (Å²) in [6.45, 7) is 5.36. The van der Waals surface area contributed by atoms with E-state index < -0.39 is 6.04 Å². The number of nitrogens with zero attached hydrogens (tertiary/aromatic N) is 4. The summed E-state index contributed by atoms with van der Waals surface area (Å²) in [7, 11) is 0. The molecule has 3 atom stereocenters. The van der Waals surface area contributed by atoms with Crippen LogP contribution in [0.25, 0.3) is 22.5 Å². The lowest BCUT2D eigenvalue weighted by atomic mass is 10.0. The zero-order valence-electron chi connectivity index (χ0n) is 25.5. The molecule has 234 valence electrons. The Hall–Kier alpha value is -4.13. The largest absolute Gasteiger partial charge is 0.455 e. The lowest BCUT2D eigenvalue weighted by molar-refractivity contribution is -0.134. The molecule has 3 aliphatic rings. The van der Waals surface area contributed by atoms with E-state index in [1.54, 1.807) is 11.8 Å². The number of likely N-dealkylation sites (tertiary alicyclic amines) is 2. The van der Waals surface area contributed by atoms with Gasteiger partial charge in [0.25, 0.3) is 0 Å². The van der Waals surface area contributed by atoms with Crippen molar-refractivity contribution >= 4 is 23.6 Å². The molecule has 5 heterocycles. The lowest BCUT2D eigenvalue weighted by Gasteiger charge is -2.27. The minimum atomic E-state index is -0.509. The van der Waals surface area contributed by atoms with Crippen molar-refractivity contribution in [2.45, 2.75) is 67.4 Å². The number of carbonyl (C=O) groups excluding carboxylic acids is 2. The number of aromatic amines is 2. The third-order valence-corrected chi connectivity index (χ3v) is 10.2. The second kappa shape index (κ2) is 12.0. The number of aromatic nitrogens is 4. The van der Waals surface area contributed by atoms with Crippen LogP contribution in [0, 0.1) is 5.92 Å². The molecule has 0 aliphatic carbocycles. The monoisotopic (exact) mass is 626 g/mol. The summed E-state index contributed by atoms with van der Waals surface area (Å²) in [5.74, 6) is 3.16. The highest BCUT2D eigenvalue weighted by Crippen LogP contribution is 2.49. The summed E-state index contributed by atoms with van der Waals surface area (Å²) in [6.07, 6.45) is 7.25. The van der Waals surface area contributed by atoms with E-state index in [0.717, 1.165) is 81.1 Å². The SMILES string of the molecule is CC(C)C(N)C(=O)N1CCCC1c1ncc(-c2ccc3c(c2)Sc2ccc(-c4cnc(C5CCCN5C(=O)CN)[nH]4)cc2O3)[nH]1. The zero-order chi connectivity index (χ0) is 31.2. The van der Waals surface area contributed by atoms with Gasteiger partial charge in [0.15, 0.2) is 0 Å². The predicted molar refractivity (Wildman–Crippen MR) is 171 cm³/mol. The Morgan fingerprint density at radius 2 is 1.53 bits per heavy atom. The molecule has 2 amide bonds. The number of hydrogen-bond acceptors (Lipinski definition) is 8. The van der Waals surface area contributed by atoms with Crippen molar-refractivity contribution in [2.24, 2.45) is 17.4 Å². The van der Waals surface area contributed by atoms with E-state index in [0.29, 0.717) is 13.1 Å². The summed E-state index contributed by atoms with van der Waals surface area (Å²) < 4.78 is 6.36. The molecule has 4 aromatic rings. The van der Waals surface area contributed by atoms with Gasteiger partial charge in [0.2, 0.25) is 11.8 Å². The first kappa shape index (κ1) is 29.6. The number of hydrogen-bond donors (Lipinski definition) is 4. The van der Waals surface area contributed by atoms with Gasteiger partial charge in [0, 0.05) is 24.2 Å². The number of nitrogens with one attached hydrogen (secondary N) is 2. The Morgan fingerprint density at radius 1 is 0.911 bits per heavy atom. The van der Waals surface area contributed by atoms with Gasteiger partial charge < -0.3 is 36.0 Å². The molecule has 12 heteroatoms. The van der Waals surface area contributed by atoms with Gasteiger partial charge in [0.1, 0.15) is 23.1 Å². The molecule has 2 saturated heterocycles. The van der Waals surface area contributed by atoms with Crippen molar-refractivity contribution in [1.29, 1.82) is 0 Å². The molecule has 3 unspecified atom stereocenters. The van der Waals surface area contributed by atoms with Gasteiger partial charge in [-0.05, 0) is 61.9 Å². The van der Waals surface area contributed by atoms with Crippen molar-refractivity contribution in [1.82, 2.24) is 29.7 Å². The van der Waals surface area contributed by atoms with Gasteiger partial charge in [-0.2, -0.15) is 0 Å². The molecular formula is C33H38N8O3S. The van der Waals surface area contributed by atoms with E-state index in [1.165, 1.54) is 0 Å². The topological polar surface area (TPSA) is 159 Å². The van der Waals surface area contributed by atoms with Crippen LogP contribution in [0.15, 0.2) is 58.6 Å². The van der Waals surface area contributed by atoms with Crippen LogP contribution in [0.4, 0.5) is 0 Å². The summed E-state index contributed by atoms with van der Waals surface area (Å²) in [6, 6.07) is 11.6. The molecule has 2 aromatic heterocycles. The Kier molecular flexibility index (Phi) is 7.88. The Bertz CT molecular complexity index is 1750. The fourth-order valence-electron chi connectivity index (χ4n) is 6.48. The highest BCUT2D eigenvalue weighted by Gasteiger charge is 2.35. The van der Waals surface area contributed by atoms with E-state index in [9.17, 15) is 9.59 Å². The van der Waals surface area contributed by atoms with Crippen LogP contribution in [0.1, 0.15) is 63.3 Å². The molecule has 45 heavy (non-hydrogen) atoms. The van der Waals surface area contributed by atoms with Crippen LogP contribution < -0.4 is 16.2 Å². The lowest BCUT2D eigenvalue weighted by Crippen LogP contribution is -2.46. The number of H-pyrrole nitrogens is 2. The third kappa shape index (κ3) is 5.51. The van der Waals surface area contributed by atoms with Crippen LogP contribution in [-0.2, 0) is 9.59 Å². The van der Waals surface area contributed by atoms with Gasteiger partial charge in [-0.1, -0.05) is 31.7 Å². The fourth-order valence-corrected chi connectivity index (χ4v) is 7.45. The number of benzene rings is 2. The second-order valence-corrected chi connectivity index (χ2v) is 13.4. The molecule has 0 saturated carbocycles. The van der Waals surface area contributed by atoms with Crippen molar-refractivity contribution in [3.05, 3.63) is 60.4 Å². The molecule has 2 fully saturated rings. The van der Waals surface area contributed by atoms with Gasteiger partial charge in [-0.15, -0.1) is 0 Å². The molecule has 0 spiro atoms. The highest BCUT2D eigenvalue weighted by molar-refractivity contribution is 7.99. The van der Waals surface area contributed by atoms with Gasteiger partial charge in [-0.3, -0.25) is 9.59 Å². The van der Waals surface area contributed by atoms with Crippen LogP contribution in [0.5, 0.6) is 11.5 Å². The Labute approximate surface area is 266 Å². The average Bonchev–Trinajstić information content (AvgIpc) is 3.88. The number of carbonyl (C=O) groups is 2. The first-order chi connectivity index (χ1) is 21.8. The van der Waals surface area contributed by atoms with E-state index in [2.05, 4.69) is 38.1 Å². The first-order valence-electron chi connectivity index (χ1n) is 15.6. The molecule has 6 N–H and O–H groups in total. The molecule has 0 bridgehead atoms. The average molecular weight is 627 g/mol. The maximum absolute atomic E-state index is 13.0. The molecule has 3 aliphatic heterocycles. The quantitative estimate of drug-likeness (QED) is 0.197. The van der Waals surface area contributed by atoms with Crippen molar-refractivity contribution in [2.75, 3.05) is 19.6 Å². The van der Waals surface area contributed by atoms with E-state index >= 15 is 0 Å². The molecule has 0 radical (unpaired) electrons. The fraction of sp³-hybridized carbons (Fsp3) is 0.394. The van der Waals surface area contributed by atoms with Gasteiger partial charge >= 0.3 is 0 Å². The van der Waals surface area contributed by atoms with Crippen LogP contribution in [0.3, 0.4) is 0 Å². The van der Waals surface area contributed by atoms with Crippen molar-refractivity contribution in [3.63, 3.8) is 0 Å². The number of amides is 2. The first-order valence-corrected chi connectivity index (χ1v) is 16.4. The molecular weight excluding hydrogens is 588 g/mol. The molecule has 7 rings (SSSR count). The maximum Gasteiger partial charge on any atom is 0.240 e. The standard InChI is InChI=1S/C33H38N8O3S/c1-18(2)30(35)33(43)41-12-4-6-24(41)32-37-17-22(39-32)20-7-9-25-28(14-20)45-27-10-8-19(13-26(27)44-25)21-16-36-31(38-21)23-5-3-11-40(23)29(42)15-34/h7-10,13-14,16-18,23-24,30H,3-6,11-12,15,34-35H2,1-2H3,(H,36,38)(H,37,39). The van der Waals surface area contributed by atoms with Crippen molar-refractivity contribution < 1.29 is 14.3 Å². The number of ether oxygens (including phenoxy) is 1. The van der Waals surface area contributed by atoms with Crippen LogP contribution in [-0.4, -0.2) is 67.2 Å². The number of nitrogens with two attached hydrogens (primary N) is 2. The molecule has 2 aromatic carbocycles. The molecule has 11 nitrogen and oxygen atoms in total. The summed E-state index contributed by atoms with van der Waals surface area (Å²) in [5.41, 5.74) is 15.5. The van der Waals surface area contributed by atoms with E-state index in [-0.39, 0.29) is 36.4 Å². The Balaban J connectivity index is 1.07. The van der Waals surface area contributed by atoms with E-state index in [4.69, 9.17) is 16.2 Å². The number of rotatable bonds is 7. The van der Waals surface area contributed by atoms with E-state index in [1.807, 2.05) is 54.2 Å². The highest BCUT2D eigenvalue weighted by atomic mass is 32.2. The minimum absolute atomic E-state index is 0.00527. The third-order valence-electron chi connectivity index (χ3n) is 9.06. The zero-order valence-corrected chi connectivity index (χ0v) is 26.3. The smallest absolute Gasteiger partial charge is 0.240 e. The minimum Gasteiger partial charge on any atom is -0.455 e. The number of imidazole rings is 2. The number of fused-ring (bicyclic) bond motifs is 2. The van der Waals surface area contributed by atoms with Gasteiger partial charge in [-0.25, -0.2) is 9.97 Å². The summed E-state index contributed by atoms with van der Waals surface area (Å²) >= 11 is 1.66. The predicted octanol–water partition coefficient (Wildman–Crippen LogP) is 4.99. The van der Waals surface area contributed by atoms with Crippen LogP contribution in [0.2, 0.25) is 0 Å².